The van der Waals surface area contributed by atoms with Crippen LogP contribution < -0.4 is 5.32 Å². The van der Waals surface area contributed by atoms with Crippen molar-refractivity contribution in [2.75, 3.05) is 12.4 Å². The summed E-state index contributed by atoms with van der Waals surface area (Å²) in [7, 11) is 1.36. The van der Waals surface area contributed by atoms with Crippen molar-refractivity contribution in [3.05, 3.63) is 5.15 Å². The maximum atomic E-state index is 11.5. The molecule has 1 aromatic rings. The number of hydrogen-bond acceptors (Lipinski definition) is 6. The highest BCUT2D eigenvalue weighted by molar-refractivity contribution is 6.99. The summed E-state index contributed by atoms with van der Waals surface area (Å²) in [5.41, 5.74) is 0. The van der Waals surface area contributed by atoms with E-state index in [9.17, 15) is 4.79 Å². The molecule has 1 unspecified atom stereocenters. The SMILES string of the molecule is COC(=O)C(CC(C)C)Nc1nsnc1Cl. The lowest BCUT2D eigenvalue weighted by molar-refractivity contribution is -0.141. The van der Waals surface area contributed by atoms with Gasteiger partial charge in [-0.1, -0.05) is 25.4 Å². The van der Waals surface area contributed by atoms with E-state index in [0.717, 1.165) is 11.7 Å². The fourth-order valence-electron chi connectivity index (χ4n) is 1.26. The molecule has 0 fully saturated rings. The molecule has 0 aliphatic carbocycles. The van der Waals surface area contributed by atoms with Gasteiger partial charge in [-0.2, -0.15) is 8.75 Å². The Morgan fingerprint density at radius 1 is 1.56 bits per heavy atom. The largest absolute Gasteiger partial charge is 0.467 e. The van der Waals surface area contributed by atoms with E-state index in [1.165, 1.54) is 7.11 Å². The molecule has 0 aliphatic rings. The molecule has 0 radical (unpaired) electrons. The first-order valence-corrected chi connectivity index (χ1v) is 5.97. The highest BCUT2D eigenvalue weighted by atomic mass is 35.5. The molecule has 0 bridgehead atoms. The summed E-state index contributed by atoms with van der Waals surface area (Å²) in [5.74, 6) is 0.474. The molecule has 1 rings (SSSR count). The third kappa shape index (κ3) is 3.61. The summed E-state index contributed by atoms with van der Waals surface area (Å²) in [6.07, 6.45) is 0.653. The molecule has 7 heteroatoms. The van der Waals surface area contributed by atoms with Crippen LogP contribution in [-0.4, -0.2) is 27.9 Å². The minimum absolute atomic E-state index is 0.280. The van der Waals surface area contributed by atoms with E-state index in [1.54, 1.807) is 0 Å². The summed E-state index contributed by atoms with van der Waals surface area (Å²) in [6, 6.07) is -0.439. The fraction of sp³-hybridized carbons (Fsp3) is 0.667. The predicted molar refractivity (Wildman–Crippen MR) is 63.8 cm³/mol. The first-order chi connectivity index (χ1) is 7.54. The van der Waals surface area contributed by atoms with Gasteiger partial charge < -0.3 is 10.1 Å². The van der Waals surface area contributed by atoms with Crippen LogP contribution in [-0.2, 0) is 9.53 Å². The molecular formula is C9H14ClN3O2S. The molecule has 5 nitrogen and oxygen atoms in total. The summed E-state index contributed by atoms with van der Waals surface area (Å²) in [4.78, 5) is 11.5. The normalized spacial score (nSPS) is 12.6. The molecule has 0 spiro atoms. The molecule has 0 saturated heterocycles. The van der Waals surface area contributed by atoms with Gasteiger partial charge in [0, 0.05) is 0 Å². The van der Waals surface area contributed by atoms with Crippen LogP contribution in [0.4, 0.5) is 5.82 Å². The fourth-order valence-corrected chi connectivity index (χ4v) is 1.92. The van der Waals surface area contributed by atoms with Gasteiger partial charge in [0.1, 0.15) is 6.04 Å². The number of carbonyl (C=O) groups excluding carboxylic acids is 1. The Morgan fingerprint density at radius 3 is 2.69 bits per heavy atom. The van der Waals surface area contributed by atoms with E-state index >= 15 is 0 Å². The van der Waals surface area contributed by atoms with Crippen LogP contribution in [0.2, 0.25) is 5.15 Å². The van der Waals surface area contributed by atoms with Gasteiger partial charge in [0.15, 0.2) is 11.0 Å². The quantitative estimate of drug-likeness (QED) is 0.825. The first-order valence-electron chi connectivity index (χ1n) is 4.87. The molecule has 0 amide bonds. The topological polar surface area (TPSA) is 64.1 Å². The average molecular weight is 264 g/mol. The third-order valence-electron chi connectivity index (χ3n) is 1.95. The van der Waals surface area contributed by atoms with Crippen LogP contribution in [0.1, 0.15) is 20.3 Å². The van der Waals surface area contributed by atoms with Crippen molar-refractivity contribution in [3.63, 3.8) is 0 Å². The van der Waals surface area contributed by atoms with Crippen LogP contribution in [0.25, 0.3) is 0 Å². The maximum absolute atomic E-state index is 11.5. The van der Waals surface area contributed by atoms with Crippen LogP contribution in [0.15, 0.2) is 0 Å². The Bertz CT molecular complexity index is 356. The number of carbonyl (C=O) groups is 1. The van der Waals surface area contributed by atoms with Gasteiger partial charge >= 0.3 is 5.97 Å². The standard InChI is InChI=1S/C9H14ClN3O2S/c1-5(2)4-6(9(14)15-3)11-8-7(10)12-16-13-8/h5-6H,4H2,1-3H3,(H,11,13). The lowest BCUT2D eigenvalue weighted by Crippen LogP contribution is -2.32. The number of nitrogens with zero attached hydrogens (tertiary/aromatic N) is 2. The zero-order valence-corrected chi connectivity index (χ0v) is 10.9. The Morgan fingerprint density at radius 2 is 2.25 bits per heavy atom. The number of nitrogens with one attached hydrogen (secondary N) is 1. The van der Waals surface area contributed by atoms with Crippen molar-refractivity contribution in [1.29, 1.82) is 0 Å². The summed E-state index contributed by atoms with van der Waals surface area (Å²) < 4.78 is 12.5. The monoisotopic (exact) mass is 263 g/mol. The zero-order chi connectivity index (χ0) is 12.1. The molecule has 1 aromatic heterocycles. The molecule has 1 N–H and O–H groups in total. The average Bonchev–Trinajstić information content (AvgIpc) is 2.61. The number of methoxy groups -OCH3 is 1. The lowest BCUT2D eigenvalue weighted by Gasteiger charge is -2.17. The number of rotatable bonds is 5. The van der Waals surface area contributed by atoms with Crippen LogP contribution in [0.3, 0.4) is 0 Å². The summed E-state index contributed by atoms with van der Waals surface area (Å²) in [5, 5.41) is 3.22. The Balaban J connectivity index is 2.70. The summed E-state index contributed by atoms with van der Waals surface area (Å²) >= 11 is 6.79. The number of aromatic nitrogens is 2. The number of anilines is 1. The molecule has 90 valence electrons. The number of hydrogen-bond donors (Lipinski definition) is 1. The van der Waals surface area contributed by atoms with Crippen molar-refractivity contribution >= 4 is 35.1 Å². The number of ether oxygens (including phenoxy) is 1. The van der Waals surface area contributed by atoms with Gasteiger partial charge in [-0.05, 0) is 12.3 Å². The minimum atomic E-state index is -0.439. The predicted octanol–water partition coefficient (Wildman–Crippen LogP) is 2.19. The molecular weight excluding hydrogens is 250 g/mol. The van der Waals surface area contributed by atoms with E-state index in [-0.39, 0.29) is 11.1 Å². The van der Waals surface area contributed by atoms with E-state index in [0.29, 0.717) is 18.2 Å². The maximum Gasteiger partial charge on any atom is 0.328 e. The van der Waals surface area contributed by atoms with Crippen LogP contribution in [0.5, 0.6) is 0 Å². The van der Waals surface area contributed by atoms with Crippen molar-refractivity contribution in [3.8, 4) is 0 Å². The van der Waals surface area contributed by atoms with Gasteiger partial charge in [0.05, 0.1) is 18.8 Å². The highest BCUT2D eigenvalue weighted by Gasteiger charge is 2.22. The Kier molecular flexibility index (Phi) is 4.95. The van der Waals surface area contributed by atoms with Gasteiger partial charge in [-0.3, -0.25) is 0 Å². The van der Waals surface area contributed by atoms with Crippen molar-refractivity contribution < 1.29 is 9.53 Å². The van der Waals surface area contributed by atoms with Gasteiger partial charge in [0.25, 0.3) is 0 Å². The van der Waals surface area contributed by atoms with Crippen molar-refractivity contribution in [2.24, 2.45) is 5.92 Å². The first kappa shape index (κ1) is 13.2. The Hall–Kier alpha value is -0.880. The van der Waals surface area contributed by atoms with Crippen molar-refractivity contribution in [2.45, 2.75) is 26.3 Å². The Labute approximate surface area is 103 Å². The van der Waals surface area contributed by atoms with E-state index < -0.39 is 6.04 Å². The lowest BCUT2D eigenvalue weighted by atomic mass is 10.0. The minimum Gasteiger partial charge on any atom is -0.467 e. The molecule has 16 heavy (non-hydrogen) atoms. The highest BCUT2D eigenvalue weighted by Crippen LogP contribution is 2.20. The molecule has 0 saturated carbocycles. The smallest absolute Gasteiger partial charge is 0.328 e. The van der Waals surface area contributed by atoms with Crippen LogP contribution in [0, 0.1) is 5.92 Å². The molecule has 0 aliphatic heterocycles. The van der Waals surface area contributed by atoms with Gasteiger partial charge in [0.2, 0.25) is 0 Å². The number of halogens is 1. The second-order valence-corrected chi connectivity index (χ2v) is 4.64. The summed E-state index contributed by atoms with van der Waals surface area (Å²) in [6.45, 7) is 4.05. The van der Waals surface area contributed by atoms with E-state index in [2.05, 4.69) is 14.1 Å². The second kappa shape index (κ2) is 6.00. The third-order valence-corrected chi connectivity index (χ3v) is 2.84. The van der Waals surface area contributed by atoms with E-state index in [4.69, 9.17) is 16.3 Å². The van der Waals surface area contributed by atoms with E-state index in [1.807, 2.05) is 13.8 Å². The second-order valence-electron chi connectivity index (χ2n) is 3.75. The van der Waals surface area contributed by atoms with Gasteiger partial charge in [-0.25, -0.2) is 4.79 Å². The molecule has 1 atom stereocenters. The van der Waals surface area contributed by atoms with Crippen LogP contribution >= 0.6 is 23.3 Å². The van der Waals surface area contributed by atoms with Crippen molar-refractivity contribution in [1.82, 2.24) is 8.75 Å². The van der Waals surface area contributed by atoms with Gasteiger partial charge in [-0.15, -0.1) is 0 Å². The molecule has 1 heterocycles. The number of esters is 1. The zero-order valence-electron chi connectivity index (χ0n) is 9.36. The molecule has 0 aromatic carbocycles.